The van der Waals surface area contributed by atoms with E-state index in [1.54, 1.807) is 4.90 Å². The molecule has 4 N–H and O–H groups in total. The first-order chi connectivity index (χ1) is 22.3. The molecule has 5 rings (SSSR count). The lowest BCUT2D eigenvalue weighted by Crippen LogP contribution is -2.52. The van der Waals surface area contributed by atoms with Crippen LogP contribution in [0.5, 0.6) is 0 Å². The molecule has 2 saturated heterocycles. The molecular formula is C34H42N6O6. The van der Waals surface area contributed by atoms with Gasteiger partial charge in [-0.25, -0.2) is 4.79 Å². The van der Waals surface area contributed by atoms with Crippen LogP contribution in [0.4, 0.5) is 16.2 Å². The van der Waals surface area contributed by atoms with Crippen molar-refractivity contribution in [1.82, 2.24) is 20.4 Å². The molecule has 2 atom stereocenters. The maximum absolute atomic E-state index is 12.5. The van der Waals surface area contributed by atoms with E-state index in [-0.39, 0.29) is 55.5 Å². The van der Waals surface area contributed by atoms with E-state index in [0.29, 0.717) is 52.0 Å². The minimum atomic E-state index is -0.315. The molecule has 3 aliphatic heterocycles. The summed E-state index contributed by atoms with van der Waals surface area (Å²) in [6, 6.07) is 13.4. The van der Waals surface area contributed by atoms with Gasteiger partial charge in [0.15, 0.2) is 5.78 Å². The van der Waals surface area contributed by atoms with Crippen molar-refractivity contribution in [2.45, 2.75) is 44.8 Å². The third-order valence-electron chi connectivity index (χ3n) is 8.55. The number of Topliss-reactive ketones (excluding diaryl/α,β-unsaturated/α-hetero) is 1. The number of urea groups is 1. The zero-order valence-electron chi connectivity index (χ0n) is 26.3. The van der Waals surface area contributed by atoms with E-state index in [0.717, 1.165) is 41.2 Å². The van der Waals surface area contributed by atoms with Crippen LogP contribution in [0.25, 0.3) is 0 Å². The summed E-state index contributed by atoms with van der Waals surface area (Å²) in [6.07, 6.45) is 1.48. The summed E-state index contributed by atoms with van der Waals surface area (Å²) in [5.74, 6) is 5.41. The van der Waals surface area contributed by atoms with Crippen LogP contribution in [0.1, 0.15) is 48.9 Å². The van der Waals surface area contributed by atoms with E-state index in [4.69, 9.17) is 15.2 Å². The fourth-order valence-corrected chi connectivity index (χ4v) is 6.03. The van der Waals surface area contributed by atoms with E-state index < -0.39 is 0 Å². The quantitative estimate of drug-likeness (QED) is 0.147. The van der Waals surface area contributed by atoms with Gasteiger partial charge in [0.25, 0.3) is 0 Å². The molecular weight excluding hydrogens is 588 g/mol. The Morgan fingerprint density at radius 2 is 1.80 bits per heavy atom. The molecule has 3 heterocycles. The summed E-state index contributed by atoms with van der Waals surface area (Å²) in [6.45, 7) is 6.29. The van der Waals surface area contributed by atoms with Gasteiger partial charge in [0.2, 0.25) is 11.8 Å². The standard InChI is InChI=1S/C34H42N6O6/c1-24-30-10-5-25(20-26(30)21-40(24)31-11-12-32(42)37-33(31)43)4-2-18-45-22-29(41)23-46-19-3-13-36-34(44)39-16-14-38(15-17-39)28-8-6-27(35)7-9-28/h5-10,20,24,31H,3,11-19,21-23,35H2,1H3,(H,36,44)(H,37,42,43). The lowest BCUT2D eigenvalue weighted by molar-refractivity contribution is -0.138. The first-order valence-electron chi connectivity index (χ1n) is 15.8. The Kier molecular flexibility index (Phi) is 11.3. The number of anilines is 2. The fourth-order valence-electron chi connectivity index (χ4n) is 6.03. The second-order valence-corrected chi connectivity index (χ2v) is 11.8. The number of rotatable bonds is 11. The summed E-state index contributed by atoms with van der Waals surface area (Å²) in [4.78, 5) is 54.6. The lowest BCUT2D eigenvalue weighted by atomic mass is 10.0. The Hall–Kier alpha value is -4.44. The molecule has 0 spiro atoms. The second kappa shape index (κ2) is 15.7. The topological polar surface area (TPSA) is 147 Å². The van der Waals surface area contributed by atoms with Gasteiger partial charge >= 0.3 is 6.03 Å². The molecule has 2 aromatic rings. The average molecular weight is 631 g/mol. The van der Waals surface area contributed by atoms with Gasteiger partial charge in [0.1, 0.15) is 19.8 Å². The van der Waals surface area contributed by atoms with E-state index in [1.165, 1.54) is 0 Å². The van der Waals surface area contributed by atoms with Crippen LogP contribution in [0.3, 0.4) is 0 Å². The van der Waals surface area contributed by atoms with Crippen molar-refractivity contribution in [2.24, 2.45) is 0 Å². The number of ketones is 1. The summed E-state index contributed by atoms with van der Waals surface area (Å²) in [5.41, 5.74) is 10.7. The number of nitrogens with two attached hydrogens (primary N) is 1. The predicted octanol–water partition coefficient (Wildman–Crippen LogP) is 1.83. The second-order valence-electron chi connectivity index (χ2n) is 11.8. The van der Waals surface area contributed by atoms with Gasteiger partial charge in [-0.2, -0.15) is 0 Å². The molecule has 2 unspecified atom stereocenters. The molecule has 0 aromatic heterocycles. The van der Waals surface area contributed by atoms with Gasteiger partial charge in [-0.15, -0.1) is 0 Å². The zero-order valence-corrected chi connectivity index (χ0v) is 26.3. The SMILES string of the molecule is CC1c2ccc(C#CCOCC(=O)COCCCNC(=O)N3CCN(c4ccc(N)cc4)CC3)cc2CN1C1CCC(=O)NC1=O. The number of benzene rings is 2. The molecule has 2 aromatic carbocycles. The highest BCUT2D eigenvalue weighted by Gasteiger charge is 2.38. The van der Waals surface area contributed by atoms with Gasteiger partial charge in [-0.1, -0.05) is 17.9 Å². The molecule has 2 fully saturated rings. The first-order valence-corrected chi connectivity index (χ1v) is 15.8. The molecule has 12 heteroatoms. The Morgan fingerprint density at radius 3 is 2.57 bits per heavy atom. The molecule has 12 nitrogen and oxygen atoms in total. The molecule has 0 aliphatic carbocycles. The minimum absolute atomic E-state index is 0.0544. The van der Waals surface area contributed by atoms with Gasteiger partial charge < -0.3 is 30.3 Å². The van der Waals surface area contributed by atoms with Crippen molar-refractivity contribution in [3.63, 3.8) is 0 Å². The largest absolute Gasteiger partial charge is 0.399 e. The van der Waals surface area contributed by atoms with Crippen LogP contribution in [-0.4, -0.2) is 98.6 Å². The number of carbonyl (C=O) groups excluding carboxylic acids is 4. The minimum Gasteiger partial charge on any atom is -0.399 e. The van der Waals surface area contributed by atoms with Crippen LogP contribution < -0.4 is 21.3 Å². The highest BCUT2D eigenvalue weighted by Crippen LogP contribution is 2.36. The van der Waals surface area contributed by atoms with Crippen molar-refractivity contribution in [3.05, 3.63) is 59.2 Å². The number of fused-ring (bicyclic) bond motifs is 1. The summed E-state index contributed by atoms with van der Waals surface area (Å²) in [7, 11) is 0. The monoisotopic (exact) mass is 630 g/mol. The summed E-state index contributed by atoms with van der Waals surface area (Å²) in [5, 5.41) is 5.36. The van der Waals surface area contributed by atoms with Crippen LogP contribution >= 0.6 is 0 Å². The number of nitrogens with one attached hydrogen (secondary N) is 2. The highest BCUT2D eigenvalue weighted by molar-refractivity contribution is 6.00. The molecule has 3 aliphatic rings. The number of nitrogens with zero attached hydrogens (tertiary/aromatic N) is 3. The van der Waals surface area contributed by atoms with Gasteiger partial charge in [-0.3, -0.25) is 24.6 Å². The Morgan fingerprint density at radius 1 is 1.04 bits per heavy atom. The highest BCUT2D eigenvalue weighted by atomic mass is 16.5. The third kappa shape index (κ3) is 8.63. The summed E-state index contributed by atoms with van der Waals surface area (Å²) >= 11 is 0. The van der Waals surface area contributed by atoms with E-state index in [1.807, 2.05) is 42.5 Å². The van der Waals surface area contributed by atoms with E-state index in [9.17, 15) is 19.2 Å². The zero-order chi connectivity index (χ0) is 32.5. The van der Waals surface area contributed by atoms with Crippen molar-refractivity contribution in [3.8, 4) is 11.8 Å². The van der Waals surface area contributed by atoms with E-state index >= 15 is 0 Å². The van der Waals surface area contributed by atoms with Gasteiger partial charge in [-0.05, 0) is 67.3 Å². The third-order valence-corrected chi connectivity index (χ3v) is 8.55. The van der Waals surface area contributed by atoms with Crippen molar-refractivity contribution >= 4 is 35.0 Å². The Balaban J connectivity index is 0.913. The molecule has 0 bridgehead atoms. The number of piperidine rings is 1. The van der Waals surface area contributed by atoms with Crippen LogP contribution in [0, 0.1) is 11.8 Å². The van der Waals surface area contributed by atoms with Crippen LogP contribution in [-0.2, 0) is 30.4 Å². The number of carbonyl (C=O) groups is 4. The fraction of sp³-hybridized carbons (Fsp3) is 0.471. The first kappa shape index (κ1) is 32.9. The van der Waals surface area contributed by atoms with Crippen LogP contribution in [0.2, 0.25) is 0 Å². The maximum Gasteiger partial charge on any atom is 0.317 e. The number of hydrogen-bond acceptors (Lipinski definition) is 9. The Bertz CT molecular complexity index is 1480. The lowest BCUT2D eigenvalue weighted by Gasteiger charge is -2.36. The average Bonchev–Trinajstić information content (AvgIpc) is 3.37. The smallest absolute Gasteiger partial charge is 0.317 e. The normalized spacial score (nSPS) is 19.7. The van der Waals surface area contributed by atoms with Crippen molar-refractivity contribution in [2.75, 3.05) is 69.8 Å². The molecule has 46 heavy (non-hydrogen) atoms. The molecule has 0 saturated carbocycles. The van der Waals surface area contributed by atoms with Crippen molar-refractivity contribution < 1.29 is 28.7 Å². The number of imide groups is 1. The van der Waals surface area contributed by atoms with Gasteiger partial charge in [0.05, 0.1) is 6.04 Å². The molecule has 0 radical (unpaired) electrons. The number of ether oxygens (including phenoxy) is 2. The number of nitrogen functional groups attached to an aromatic ring is 1. The number of piperazine rings is 1. The molecule has 4 amide bonds. The summed E-state index contributed by atoms with van der Waals surface area (Å²) < 4.78 is 10.9. The van der Waals surface area contributed by atoms with Gasteiger partial charge in [0, 0.05) is 75.3 Å². The Labute approximate surface area is 269 Å². The number of hydrogen-bond donors (Lipinski definition) is 3. The molecule has 244 valence electrons. The van der Waals surface area contributed by atoms with Crippen molar-refractivity contribution in [1.29, 1.82) is 0 Å². The van der Waals surface area contributed by atoms with Crippen LogP contribution in [0.15, 0.2) is 42.5 Å². The maximum atomic E-state index is 12.5. The predicted molar refractivity (Wildman–Crippen MR) is 173 cm³/mol. The number of amides is 4. The van der Waals surface area contributed by atoms with E-state index in [2.05, 4.69) is 39.2 Å².